The predicted octanol–water partition coefficient (Wildman–Crippen LogP) is 1.18. The van der Waals surface area contributed by atoms with Crippen LogP contribution in [0.1, 0.15) is 33.6 Å². The fraction of sp³-hybridized carbons (Fsp3) is 0.769. The molecular weight excluding hydrogens is 282 g/mol. The molecule has 6 nitrogen and oxygen atoms in total. The second kappa shape index (κ2) is 7.31. The van der Waals surface area contributed by atoms with Crippen LogP contribution in [0.15, 0.2) is 12.2 Å². The summed E-state index contributed by atoms with van der Waals surface area (Å²) in [6.45, 7) is 5.63. The normalized spacial score (nSPS) is 32.9. The van der Waals surface area contributed by atoms with E-state index in [2.05, 4.69) is 12.8 Å². The quantitative estimate of drug-likeness (QED) is 0.454. The standard InChI is InChI=1S/C13H23NO5S/c1-13(2,3)19-11-6-8(15)4-5-9(7-10(11)16)18-12(17)14-20/h4-5,8-11,15-16,20H,6-7H2,1-3H3,(H,14,17)/b5-4+. The van der Waals surface area contributed by atoms with Crippen LogP contribution in [0.25, 0.3) is 0 Å². The molecule has 0 spiro atoms. The molecule has 116 valence electrons. The van der Waals surface area contributed by atoms with Crippen LogP contribution in [0.2, 0.25) is 0 Å². The van der Waals surface area contributed by atoms with Crippen molar-refractivity contribution in [3.8, 4) is 0 Å². The van der Waals surface area contributed by atoms with Gasteiger partial charge < -0.3 is 19.7 Å². The van der Waals surface area contributed by atoms with Gasteiger partial charge in [0.15, 0.2) is 0 Å². The number of amides is 1. The van der Waals surface area contributed by atoms with Crippen molar-refractivity contribution in [2.75, 3.05) is 0 Å². The molecule has 3 N–H and O–H groups in total. The largest absolute Gasteiger partial charge is 0.441 e. The van der Waals surface area contributed by atoms with Gasteiger partial charge in [-0.1, -0.05) is 18.9 Å². The predicted molar refractivity (Wildman–Crippen MR) is 77.4 cm³/mol. The van der Waals surface area contributed by atoms with E-state index in [1.807, 2.05) is 25.5 Å². The summed E-state index contributed by atoms with van der Waals surface area (Å²) in [6.07, 6.45) is 0.114. The summed E-state index contributed by atoms with van der Waals surface area (Å²) in [5.74, 6) is 0. The summed E-state index contributed by atoms with van der Waals surface area (Å²) in [5.41, 5.74) is -0.437. The lowest BCUT2D eigenvalue weighted by atomic mass is 9.96. The molecule has 0 aromatic carbocycles. The van der Waals surface area contributed by atoms with E-state index in [1.54, 1.807) is 12.2 Å². The van der Waals surface area contributed by atoms with Crippen LogP contribution in [0, 0.1) is 0 Å². The molecule has 0 bridgehead atoms. The van der Waals surface area contributed by atoms with Gasteiger partial charge in [0.1, 0.15) is 6.10 Å². The summed E-state index contributed by atoms with van der Waals surface area (Å²) in [5, 5.41) is 20.1. The molecule has 20 heavy (non-hydrogen) atoms. The smallest absolute Gasteiger partial charge is 0.417 e. The van der Waals surface area contributed by atoms with Crippen LogP contribution >= 0.6 is 12.8 Å². The number of rotatable bonds is 2. The van der Waals surface area contributed by atoms with E-state index in [9.17, 15) is 15.0 Å². The molecule has 0 heterocycles. The van der Waals surface area contributed by atoms with Crippen LogP contribution in [0.5, 0.6) is 0 Å². The van der Waals surface area contributed by atoms with Crippen LogP contribution in [-0.2, 0) is 9.47 Å². The van der Waals surface area contributed by atoms with E-state index in [1.165, 1.54) is 0 Å². The molecule has 1 aliphatic carbocycles. The molecule has 7 heteroatoms. The minimum atomic E-state index is -0.841. The first kappa shape index (κ1) is 17.3. The number of carbonyl (C=O) groups excluding carboxylic acids is 1. The van der Waals surface area contributed by atoms with Gasteiger partial charge in [0.2, 0.25) is 0 Å². The maximum Gasteiger partial charge on any atom is 0.417 e. The summed E-state index contributed by atoms with van der Waals surface area (Å²) < 4.78 is 12.8. The molecule has 0 radical (unpaired) electrons. The average molecular weight is 305 g/mol. The number of aliphatic hydroxyl groups excluding tert-OH is 2. The molecule has 4 atom stereocenters. The minimum absolute atomic E-state index is 0.200. The van der Waals surface area contributed by atoms with Gasteiger partial charge in [-0.05, 0) is 26.8 Å². The lowest BCUT2D eigenvalue weighted by Crippen LogP contribution is -2.41. The summed E-state index contributed by atoms with van der Waals surface area (Å²) in [4.78, 5) is 11.2. The Morgan fingerprint density at radius 3 is 2.50 bits per heavy atom. The van der Waals surface area contributed by atoms with Gasteiger partial charge in [0.25, 0.3) is 0 Å². The molecule has 4 unspecified atom stereocenters. The van der Waals surface area contributed by atoms with Crippen LogP contribution in [-0.4, -0.2) is 46.3 Å². The van der Waals surface area contributed by atoms with Gasteiger partial charge in [-0.3, -0.25) is 4.72 Å². The van der Waals surface area contributed by atoms with E-state index >= 15 is 0 Å². The number of ether oxygens (including phenoxy) is 2. The highest BCUT2D eigenvalue weighted by Crippen LogP contribution is 2.23. The van der Waals surface area contributed by atoms with E-state index in [4.69, 9.17) is 9.47 Å². The zero-order chi connectivity index (χ0) is 15.3. The lowest BCUT2D eigenvalue weighted by Gasteiger charge is -2.33. The summed E-state index contributed by atoms with van der Waals surface area (Å²) in [7, 11) is 0. The molecule has 1 rings (SSSR count). The van der Waals surface area contributed by atoms with E-state index in [0.717, 1.165) is 0 Å². The second-order valence-corrected chi connectivity index (χ2v) is 6.04. The zero-order valence-electron chi connectivity index (χ0n) is 11.9. The summed E-state index contributed by atoms with van der Waals surface area (Å²) >= 11 is 3.59. The molecule has 0 fully saturated rings. The van der Waals surface area contributed by atoms with Gasteiger partial charge >= 0.3 is 6.09 Å². The van der Waals surface area contributed by atoms with Crippen LogP contribution < -0.4 is 4.72 Å². The highest BCUT2D eigenvalue weighted by molar-refractivity contribution is 7.78. The van der Waals surface area contributed by atoms with Crippen molar-refractivity contribution >= 4 is 18.9 Å². The van der Waals surface area contributed by atoms with Gasteiger partial charge in [-0.15, -0.1) is 0 Å². The molecule has 0 aromatic heterocycles. The lowest BCUT2D eigenvalue weighted by molar-refractivity contribution is -0.128. The Balaban J connectivity index is 2.76. The second-order valence-electron chi connectivity index (χ2n) is 5.82. The molecular formula is C13H23NO5S. The Bertz CT molecular complexity index is 355. The third kappa shape index (κ3) is 6.13. The molecule has 0 saturated carbocycles. The Kier molecular flexibility index (Phi) is 6.32. The SMILES string of the molecule is CC(C)(C)OC1CC(O)/C=C/C(OC(=O)NS)CC1O. The van der Waals surface area contributed by atoms with Crippen molar-refractivity contribution in [1.29, 1.82) is 0 Å². The van der Waals surface area contributed by atoms with Crippen LogP contribution in [0.3, 0.4) is 0 Å². The van der Waals surface area contributed by atoms with Crippen molar-refractivity contribution in [3.63, 3.8) is 0 Å². The fourth-order valence-electron chi connectivity index (χ4n) is 2.03. The molecule has 1 aliphatic rings. The third-order valence-electron chi connectivity index (χ3n) is 2.78. The maximum atomic E-state index is 11.2. The zero-order valence-corrected chi connectivity index (χ0v) is 12.8. The van der Waals surface area contributed by atoms with Gasteiger partial charge in [-0.25, -0.2) is 4.79 Å². The number of aliphatic hydroxyl groups is 2. The van der Waals surface area contributed by atoms with Crippen molar-refractivity contribution < 1.29 is 24.5 Å². The van der Waals surface area contributed by atoms with Gasteiger partial charge in [0.05, 0.1) is 23.9 Å². The first-order chi connectivity index (χ1) is 9.21. The Hall–Kier alpha value is -0.760. The number of carbonyl (C=O) groups is 1. The maximum absolute atomic E-state index is 11.2. The first-order valence-corrected chi connectivity index (χ1v) is 6.99. The van der Waals surface area contributed by atoms with E-state index < -0.39 is 36.1 Å². The highest BCUT2D eigenvalue weighted by Gasteiger charge is 2.31. The molecule has 0 aliphatic heterocycles. The Labute approximate surface area is 124 Å². The first-order valence-electron chi connectivity index (χ1n) is 6.54. The monoisotopic (exact) mass is 305 g/mol. The van der Waals surface area contributed by atoms with Gasteiger partial charge in [0, 0.05) is 12.8 Å². The Morgan fingerprint density at radius 1 is 1.30 bits per heavy atom. The molecule has 0 saturated heterocycles. The fourth-order valence-corrected chi connectivity index (χ4v) is 2.08. The Morgan fingerprint density at radius 2 is 1.95 bits per heavy atom. The molecule has 0 aromatic rings. The number of nitrogens with one attached hydrogen (secondary N) is 1. The average Bonchev–Trinajstić information content (AvgIpc) is 2.32. The number of hydrogen-bond acceptors (Lipinski definition) is 6. The van der Waals surface area contributed by atoms with Crippen molar-refractivity contribution in [1.82, 2.24) is 4.72 Å². The minimum Gasteiger partial charge on any atom is -0.441 e. The number of hydrogen-bond donors (Lipinski definition) is 4. The van der Waals surface area contributed by atoms with E-state index in [-0.39, 0.29) is 6.42 Å². The summed E-state index contributed by atoms with van der Waals surface area (Å²) in [6, 6.07) is 0. The van der Waals surface area contributed by atoms with Crippen molar-refractivity contribution in [2.45, 2.75) is 63.6 Å². The third-order valence-corrected chi connectivity index (χ3v) is 2.96. The van der Waals surface area contributed by atoms with Crippen LogP contribution in [0.4, 0.5) is 4.79 Å². The number of thiol groups is 1. The molecule has 1 amide bonds. The highest BCUT2D eigenvalue weighted by atomic mass is 32.1. The van der Waals surface area contributed by atoms with Gasteiger partial charge in [-0.2, -0.15) is 0 Å². The topological polar surface area (TPSA) is 88.0 Å². The van der Waals surface area contributed by atoms with Crippen molar-refractivity contribution in [2.24, 2.45) is 0 Å². The van der Waals surface area contributed by atoms with Crippen molar-refractivity contribution in [3.05, 3.63) is 12.2 Å². The van der Waals surface area contributed by atoms with E-state index in [0.29, 0.717) is 6.42 Å².